The van der Waals surface area contributed by atoms with Gasteiger partial charge < -0.3 is 15.2 Å². The van der Waals surface area contributed by atoms with Gasteiger partial charge in [0.2, 0.25) is 5.91 Å². The van der Waals surface area contributed by atoms with Gasteiger partial charge in [-0.2, -0.15) is 0 Å². The van der Waals surface area contributed by atoms with Gasteiger partial charge in [0.25, 0.3) is 5.91 Å². The van der Waals surface area contributed by atoms with Crippen LogP contribution in [-0.4, -0.2) is 39.8 Å². The van der Waals surface area contributed by atoms with Crippen LogP contribution < -0.4 is 5.32 Å². The van der Waals surface area contributed by atoms with Crippen molar-refractivity contribution in [2.45, 2.75) is 12.8 Å². The number of hydrogen-bond acceptors (Lipinski definition) is 3. The molecular formula is C26H21ClF2N4O2. The van der Waals surface area contributed by atoms with Crippen molar-refractivity contribution in [2.24, 2.45) is 5.92 Å². The van der Waals surface area contributed by atoms with E-state index >= 15 is 0 Å². The number of H-pyrrole nitrogens is 1. The average Bonchev–Trinajstić information content (AvgIpc) is 3.27. The number of nitrogens with one attached hydrogen (secondary N) is 2. The summed E-state index contributed by atoms with van der Waals surface area (Å²) < 4.78 is 27.1. The van der Waals surface area contributed by atoms with E-state index < -0.39 is 17.5 Å². The number of aromatic amines is 1. The molecule has 2 N–H and O–H groups in total. The third kappa shape index (κ3) is 4.74. The first kappa shape index (κ1) is 23.0. The van der Waals surface area contributed by atoms with Crippen LogP contribution in [0.15, 0.2) is 60.7 Å². The largest absolute Gasteiger partial charge is 0.339 e. The molecule has 0 spiro atoms. The van der Waals surface area contributed by atoms with E-state index in [-0.39, 0.29) is 17.4 Å². The molecule has 35 heavy (non-hydrogen) atoms. The number of rotatable bonds is 4. The summed E-state index contributed by atoms with van der Waals surface area (Å²) in [6.45, 7) is 0.628. The second kappa shape index (κ2) is 9.46. The summed E-state index contributed by atoms with van der Waals surface area (Å²) in [6.07, 6.45) is 0.896. The zero-order chi connectivity index (χ0) is 24.5. The lowest BCUT2D eigenvalue weighted by Crippen LogP contribution is -2.41. The van der Waals surface area contributed by atoms with Gasteiger partial charge in [-0.25, -0.2) is 13.8 Å². The third-order valence-corrected chi connectivity index (χ3v) is 6.52. The van der Waals surface area contributed by atoms with E-state index in [9.17, 15) is 18.4 Å². The van der Waals surface area contributed by atoms with Gasteiger partial charge in [0.1, 0.15) is 17.5 Å². The third-order valence-electron chi connectivity index (χ3n) is 6.19. The highest BCUT2D eigenvalue weighted by molar-refractivity contribution is 6.33. The molecule has 0 radical (unpaired) electrons. The minimum atomic E-state index is -0.887. The van der Waals surface area contributed by atoms with Crippen LogP contribution in [0.1, 0.15) is 23.2 Å². The van der Waals surface area contributed by atoms with Crippen LogP contribution in [0.5, 0.6) is 0 Å². The van der Waals surface area contributed by atoms with Crippen molar-refractivity contribution in [3.8, 4) is 11.4 Å². The lowest BCUT2D eigenvalue weighted by molar-refractivity contribution is -0.121. The normalized spacial score (nSPS) is 14.3. The first-order chi connectivity index (χ1) is 16.9. The standard InChI is InChI=1S/C26H21ClF2N4O2/c27-20-4-2-1-3-18(20)24-31-22-8-6-17(14-23(22)32-24)30-25(34)15-9-11-33(12-10-15)26(35)19-7-5-16(28)13-21(19)29/h1-8,13-15H,9-12H2,(H,30,34)(H,31,32). The fourth-order valence-electron chi connectivity index (χ4n) is 4.29. The Kier molecular flexibility index (Phi) is 6.21. The maximum Gasteiger partial charge on any atom is 0.256 e. The fraction of sp³-hybridized carbons (Fsp3) is 0.192. The van der Waals surface area contributed by atoms with E-state index in [1.807, 2.05) is 30.3 Å². The van der Waals surface area contributed by atoms with Crippen LogP contribution in [-0.2, 0) is 4.79 Å². The fourth-order valence-corrected chi connectivity index (χ4v) is 4.52. The van der Waals surface area contributed by atoms with Gasteiger partial charge in [-0.3, -0.25) is 9.59 Å². The number of imidazole rings is 1. The molecule has 1 aliphatic heterocycles. The van der Waals surface area contributed by atoms with Crippen LogP contribution >= 0.6 is 11.6 Å². The summed E-state index contributed by atoms with van der Waals surface area (Å²) in [5.74, 6) is -1.91. The van der Waals surface area contributed by atoms with Crippen molar-refractivity contribution < 1.29 is 18.4 Å². The Morgan fingerprint density at radius 1 is 1.03 bits per heavy atom. The Hall–Kier alpha value is -3.78. The molecule has 3 aromatic carbocycles. The Labute approximate surface area is 204 Å². The van der Waals surface area contributed by atoms with Crippen molar-refractivity contribution in [3.63, 3.8) is 0 Å². The number of hydrogen-bond donors (Lipinski definition) is 2. The molecule has 0 bridgehead atoms. The van der Waals surface area contributed by atoms with Crippen molar-refractivity contribution in [2.75, 3.05) is 18.4 Å². The molecule has 1 aromatic heterocycles. The highest BCUT2D eigenvalue weighted by Crippen LogP contribution is 2.28. The molecule has 6 nitrogen and oxygen atoms in total. The molecule has 0 saturated carbocycles. The summed E-state index contributed by atoms with van der Waals surface area (Å²) in [7, 11) is 0. The molecule has 4 aromatic rings. The van der Waals surface area contributed by atoms with Gasteiger partial charge in [0.05, 0.1) is 21.6 Å². The summed E-state index contributed by atoms with van der Waals surface area (Å²) >= 11 is 6.28. The van der Waals surface area contributed by atoms with Crippen LogP contribution in [0.4, 0.5) is 14.5 Å². The molecule has 1 fully saturated rings. The van der Waals surface area contributed by atoms with Crippen LogP contribution in [0, 0.1) is 17.6 Å². The Balaban J connectivity index is 1.23. The van der Waals surface area contributed by atoms with Crippen molar-refractivity contribution in [1.29, 1.82) is 0 Å². The Bertz CT molecular complexity index is 1430. The van der Waals surface area contributed by atoms with E-state index in [2.05, 4.69) is 15.3 Å². The molecule has 9 heteroatoms. The Morgan fingerprint density at radius 3 is 2.54 bits per heavy atom. The predicted molar refractivity (Wildman–Crippen MR) is 130 cm³/mol. The molecule has 0 unspecified atom stereocenters. The quantitative estimate of drug-likeness (QED) is 0.384. The number of anilines is 1. The molecule has 5 rings (SSSR count). The number of carbonyl (C=O) groups excluding carboxylic acids is 2. The van der Waals surface area contributed by atoms with Crippen LogP contribution in [0.2, 0.25) is 5.02 Å². The van der Waals surface area contributed by atoms with Gasteiger partial charge in [0.15, 0.2) is 0 Å². The summed E-state index contributed by atoms with van der Waals surface area (Å²) in [6, 6.07) is 15.7. The van der Waals surface area contributed by atoms with E-state index in [4.69, 9.17) is 11.6 Å². The molecule has 0 atom stereocenters. The van der Waals surface area contributed by atoms with E-state index in [0.717, 1.165) is 28.7 Å². The predicted octanol–water partition coefficient (Wildman–Crippen LogP) is 5.65. The molecule has 1 aliphatic rings. The first-order valence-electron chi connectivity index (χ1n) is 11.2. The second-order valence-corrected chi connectivity index (χ2v) is 8.88. The first-order valence-corrected chi connectivity index (χ1v) is 11.6. The number of fused-ring (bicyclic) bond motifs is 1. The van der Waals surface area contributed by atoms with E-state index in [1.54, 1.807) is 12.1 Å². The summed E-state index contributed by atoms with van der Waals surface area (Å²) in [4.78, 5) is 34.8. The highest BCUT2D eigenvalue weighted by Gasteiger charge is 2.29. The number of halogens is 3. The monoisotopic (exact) mass is 494 g/mol. The van der Waals surface area contributed by atoms with Crippen molar-refractivity contribution >= 4 is 40.1 Å². The zero-order valence-corrected chi connectivity index (χ0v) is 19.3. The number of amides is 2. The van der Waals surface area contributed by atoms with E-state index in [1.165, 1.54) is 4.90 Å². The molecule has 178 valence electrons. The lowest BCUT2D eigenvalue weighted by atomic mass is 9.95. The van der Waals surface area contributed by atoms with Gasteiger partial charge in [-0.1, -0.05) is 23.7 Å². The van der Waals surface area contributed by atoms with Crippen molar-refractivity contribution in [1.82, 2.24) is 14.9 Å². The van der Waals surface area contributed by atoms with E-state index in [0.29, 0.717) is 48.5 Å². The number of aromatic nitrogens is 2. The zero-order valence-electron chi connectivity index (χ0n) is 18.5. The van der Waals surface area contributed by atoms with Crippen LogP contribution in [0.3, 0.4) is 0 Å². The molecular weight excluding hydrogens is 474 g/mol. The Morgan fingerprint density at radius 2 is 1.80 bits per heavy atom. The number of piperidine rings is 1. The topological polar surface area (TPSA) is 78.1 Å². The summed E-state index contributed by atoms with van der Waals surface area (Å²) in [5, 5.41) is 3.53. The minimum absolute atomic E-state index is 0.143. The number of carbonyl (C=O) groups is 2. The van der Waals surface area contributed by atoms with Gasteiger partial charge in [0, 0.05) is 36.3 Å². The van der Waals surface area contributed by atoms with Crippen LogP contribution in [0.25, 0.3) is 22.4 Å². The van der Waals surface area contributed by atoms with Crippen molar-refractivity contribution in [3.05, 3.63) is 82.9 Å². The van der Waals surface area contributed by atoms with Gasteiger partial charge in [-0.15, -0.1) is 0 Å². The summed E-state index contributed by atoms with van der Waals surface area (Å²) in [5.41, 5.74) is 2.76. The average molecular weight is 495 g/mol. The highest BCUT2D eigenvalue weighted by atomic mass is 35.5. The maximum atomic E-state index is 14.0. The van der Waals surface area contributed by atoms with Gasteiger partial charge >= 0.3 is 0 Å². The smallest absolute Gasteiger partial charge is 0.256 e. The number of likely N-dealkylation sites (tertiary alicyclic amines) is 1. The number of nitrogens with zero attached hydrogens (tertiary/aromatic N) is 2. The molecule has 1 saturated heterocycles. The minimum Gasteiger partial charge on any atom is -0.339 e. The second-order valence-electron chi connectivity index (χ2n) is 8.48. The molecule has 2 amide bonds. The van der Waals surface area contributed by atoms with Gasteiger partial charge in [-0.05, 0) is 55.3 Å². The molecule has 0 aliphatic carbocycles. The number of benzene rings is 3. The maximum absolute atomic E-state index is 14.0. The lowest BCUT2D eigenvalue weighted by Gasteiger charge is -2.31. The molecule has 2 heterocycles. The SMILES string of the molecule is O=C(Nc1ccc2nc(-c3ccccc3Cl)[nH]c2c1)C1CCN(C(=O)c2ccc(F)cc2F)CC1.